The van der Waals surface area contributed by atoms with Crippen LogP contribution in [0.5, 0.6) is 0 Å². The van der Waals surface area contributed by atoms with Crippen molar-refractivity contribution >= 4 is 17.7 Å². The fraction of sp³-hybridized carbons (Fsp3) is 0.167. The van der Waals surface area contributed by atoms with Gasteiger partial charge in [-0.15, -0.1) is 11.8 Å². The highest BCUT2D eigenvalue weighted by Gasteiger charge is 2.31. The molecule has 0 saturated heterocycles. The van der Waals surface area contributed by atoms with Gasteiger partial charge in [0.05, 0.1) is 17.7 Å². The van der Waals surface area contributed by atoms with Crippen molar-refractivity contribution in [3.05, 3.63) is 65.4 Å². The molecule has 7 nitrogen and oxygen atoms in total. The molecule has 0 bridgehead atoms. The number of pyridine rings is 1. The van der Waals surface area contributed by atoms with Gasteiger partial charge < -0.3 is 5.32 Å². The molecular formula is C18H13F3N6OS. The van der Waals surface area contributed by atoms with E-state index < -0.39 is 17.6 Å². The number of nitrogens with zero attached hydrogens (tertiary/aromatic N) is 5. The molecule has 11 heteroatoms. The molecule has 0 spiro atoms. The van der Waals surface area contributed by atoms with Gasteiger partial charge in [0, 0.05) is 16.7 Å². The van der Waals surface area contributed by atoms with E-state index >= 15 is 0 Å². The Hall–Kier alpha value is -3.39. The van der Waals surface area contributed by atoms with Gasteiger partial charge in [0.25, 0.3) is 5.91 Å². The van der Waals surface area contributed by atoms with E-state index in [9.17, 15) is 18.0 Å². The van der Waals surface area contributed by atoms with Gasteiger partial charge in [0.15, 0.2) is 11.6 Å². The summed E-state index contributed by atoms with van der Waals surface area (Å²) >= 11 is 1.11. The van der Waals surface area contributed by atoms with Crippen molar-refractivity contribution in [2.45, 2.75) is 17.6 Å². The van der Waals surface area contributed by atoms with Crippen LogP contribution in [0, 0.1) is 11.3 Å². The number of nitrogens with one attached hydrogen (secondary N) is 1. The maximum absolute atomic E-state index is 13.1. The van der Waals surface area contributed by atoms with E-state index in [1.807, 2.05) is 6.07 Å². The molecule has 148 valence electrons. The molecule has 0 radical (unpaired) electrons. The molecule has 0 atom stereocenters. The van der Waals surface area contributed by atoms with Gasteiger partial charge in [0.1, 0.15) is 12.4 Å². The molecule has 1 amide bonds. The summed E-state index contributed by atoms with van der Waals surface area (Å²) in [5.74, 6) is 0.0378. The first-order chi connectivity index (χ1) is 13.8. The molecule has 2 heterocycles. The van der Waals surface area contributed by atoms with Crippen LogP contribution in [0.3, 0.4) is 0 Å². The number of thioether (sulfide) groups is 1. The average Bonchev–Trinajstić information content (AvgIpc) is 3.19. The Labute approximate surface area is 167 Å². The first-order valence-electron chi connectivity index (χ1n) is 8.11. The summed E-state index contributed by atoms with van der Waals surface area (Å²) in [5.41, 5.74) is -0.621. The lowest BCUT2D eigenvalue weighted by molar-refractivity contribution is -0.137. The highest BCUT2D eigenvalue weighted by atomic mass is 32.2. The zero-order chi connectivity index (χ0) is 21.0. The second-order valence-corrected chi connectivity index (χ2v) is 6.62. The van der Waals surface area contributed by atoms with Gasteiger partial charge in [-0.05, 0) is 36.6 Å². The first kappa shape index (κ1) is 20.3. The van der Waals surface area contributed by atoms with Crippen LogP contribution in [0.25, 0.3) is 5.82 Å². The van der Waals surface area contributed by atoms with Crippen LogP contribution in [0.2, 0.25) is 0 Å². The van der Waals surface area contributed by atoms with Crippen LogP contribution in [-0.4, -0.2) is 31.9 Å². The molecule has 0 saturated carbocycles. The van der Waals surface area contributed by atoms with Gasteiger partial charge in [-0.3, -0.25) is 4.79 Å². The number of amides is 1. The van der Waals surface area contributed by atoms with Gasteiger partial charge in [0.2, 0.25) is 0 Å². The van der Waals surface area contributed by atoms with E-state index in [4.69, 9.17) is 5.26 Å². The molecular weight excluding hydrogens is 405 g/mol. The Morgan fingerprint density at radius 1 is 1.28 bits per heavy atom. The minimum Gasteiger partial charge on any atom is -0.345 e. The predicted molar refractivity (Wildman–Crippen MR) is 98.3 cm³/mol. The maximum atomic E-state index is 13.1. The molecule has 1 aromatic carbocycles. The normalized spacial score (nSPS) is 11.1. The Morgan fingerprint density at radius 3 is 2.69 bits per heavy atom. The number of carbonyl (C=O) groups excluding carboxylic acids is 1. The number of alkyl halides is 3. The summed E-state index contributed by atoms with van der Waals surface area (Å²) in [4.78, 5) is 20.9. The molecule has 2 aromatic heterocycles. The molecule has 0 aliphatic rings. The lowest BCUT2D eigenvalue weighted by atomic mass is 10.1. The second-order valence-electron chi connectivity index (χ2n) is 5.74. The van der Waals surface area contributed by atoms with Crippen LogP contribution in [0.4, 0.5) is 13.2 Å². The number of carbonyl (C=O) groups is 1. The lowest BCUT2D eigenvalue weighted by Crippen LogP contribution is -2.25. The van der Waals surface area contributed by atoms with Gasteiger partial charge in [-0.1, -0.05) is 0 Å². The topological polar surface area (TPSA) is 96.5 Å². The number of rotatable bonds is 5. The lowest BCUT2D eigenvalue weighted by Gasteiger charge is -2.12. The molecule has 3 rings (SSSR count). The van der Waals surface area contributed by atoms with Crippen LogP contribution < -0.4 is 5.32 Å². The van der Waals surface area contributed by atoms with Gasteiger partial charge in [-0.25, -0.2) is 9.97 Å². The smallest absolute Gasteiger partial charge is 0.345 e. The average molecular weight is 418 g/mol. The third-order valence-corrected chi connectivity index (χ3v) is 4.56. The van der Waals surface area contributed by atoms with Gasteiger partial charge in [-0.2, -0.15) is 28.2 Å². The summed E-state index contributed by atoms with van der Waals surface area (Å²) in [6, 6.07) is 8.26. The van der Waals surface area contributed by atoms with Crippen molar-refractivity contribution < 1.29 is 18.0 Å². The monoisotopic (exact) mass is 418 g/mol. The summed E-state index contributed by atoms with van der Waals surface area (Å²) in [6.45, 7) is -0.0780. The SMILES string of the molecule is CSc1cc(C(=O)NCc2ncnn2-c2ccc(C#N)cn2)cc(C(F)(F)F)c1. The standard InChI is InChI=1S/C18H13F3N6OS/c1-29-14-5-12(4-13(6-14)18(19,20)21)17(28)24-9-16-25-10-26-27(16)15-3-2-11(7-22)8-23-15/h2-6,8,10H,9H2,1H3,(H,24,28). The maximum Gasteiger partial charge on any atom is 0.416 e. The highest BCUT2D eigenvalue weighted by Crippen LogP contribution is 2.32. The van der Waals surface area contributed by atoms with Crippen molar-refractivity contribution in [3.8, 4) is 11.9 Å². The fourth-order valence-electron chi connectivity index (χ4n) is 2.43. The number of nitriles is 1. The number of benzene rings is 1. The summed E-state index contributed by atoms with van der Waals surface area (Å²) in [7, 11) is 0. The summed E-state index contributed by atoms with van der Waals surface area (Å²) < 4.78 is 40.5. The number of hydrogen-bond donors (Lipinski definition) is 1. The first-order valence-corrected chi connectivity index (χ1v) is 9.34. The fourth-order valence-corrected chi connectivity index (χ4v) is 2.92. The number of halogens is 3. The Balaban J connectivity index is 1.78. The van der Waals surface area contributed by atoms with E-state index in [1.54, 1.807) is 18.4 Å². The van der Waals surface area contributed by atoms with E-state index in [0.717, 1.165) is 23.9 Å². The molecule has 0 fully saturated rings. The largest absolute Gasteiger partial charge is 0.416 e. The molecule has 0 aliphatic heterocycles. The third-order valence-electron chi connectivity index (χ3n) is 3.85. The van der Waals surface area contributed by atoms with Crippen LogP contribution in [0.15, 0.2) is 47.8 Å². The Morgan fingerprint density at radius 2 is 2.07 bits per heavy atom. The van der Waals surface area contributed by atoms with Crippen LogP contribution >= 0.6 is 11.8 Å². The minimum absolute atomic E-state index is 0.0780. The Bertz CT molecular complexity index is 1070. The van der Waals surface area contributed by atoms with Crippen molar-refractivity contribution in [1.82, 2.24) is 25.1 Å². The molecule has 1 N–H and O–H groups in total. The zero-order valence-corrected chi connectivity index (χ0v) is 15.8. The number of hydrogen-bond acceptors (Lipinski definition) is 6. The second kappa shape index (κ2) is 8.32. The van der Waals surface area contributed by atoms with Crippen molar-refractivity contribution in [1.29, 1.82) is 5.26 Å². The van der Waals surface area contributed by atoms with E-state index in [1.165, 1.54) is 23.3 Å². The Kier molecular flexibility index (Phi) is 5.84. The molecule has 3 aromatic rings. The number of aromatic nitrogens is 4. The van der Waals surface area contributed by atoms with Gasteiger partial charge >= 0.3 is 6.18 Å². The molecule has 29 heavy (non-hydrogen) atoms. The van der Waals surface area contributed by atoms with E-state index in [2.05, 4.69) is 20.4 Å². The summed E-state index contributed by atoms with van der Waals surface area (Å²) in [6.07, 6.45) is -0.296. The van der Waals surface area contributed by atoms with Crippen molar-refractivity contribution in [3.63, 3.8) is 0 Å². The zero-order valence-electron chi connectivity index (χ0n) is 14.9. The van der Waals surface area contributed by atoms with Crippen LogP contribution in [-0.2, 0) is 12.7 Å². The van der Waals surface area contributed by atoms with Crippen molar-refractivity contribution in [2.75, 3.05) is 6.26 Å². The predicted octanol–water partition coefficient (Wildman–Crippen LogP) is 3.20. The van der Waals surface area contributed by atoms with Crippen LogP contribution in [0.1, 0.15) is 27.3 Å². The molecule has 0 unspecified atom stereocenters. The third kappa shape index (κ3) is 4.72. The molecule has 0 aliphatic carbocycles. The minimum atomic E-state index is -4.55. The van der Waals surface area contributed by atoms with E-state index in [0.29, 0.717) is 22.1 Å². The highest BCUT2D eigenvalue weighted by molar-refractivity contribution is 7.98. The van der Waals surface area contributed by atoms with E-state index in [-0.39, 0.29) is 12.1 Å². The van der Waals surface area contributed by atoms with Crippen molar-refractivity contribution in [2.24, 2.45) is 0 Å². The summed E-state index contributed by atoms with van der Waals surface area (Å²) in [5, 5.41) is 15.4. The quantitative estimate of drug-likeness (QED) is 0.639.